The lowest BCUT2D eigenvalue weighted by Gasteiger charge is -2.37. The highest BCUT2D eigenvalue weighted by Gasteiger charge is 2.26. The van der Waals surface area contributed by atoms with Crippen molar-refractivity contribution in [2.45, 2.75) is 26.0 Å². The molecule has 4 rings (SSSR count). The molecule has 2 heterocycles. The van der Waals surface area contributed by atoms with Gasteiger partial charge in [-0.3, -0.25) is 9.36 Å². The molecule has 0 saturated carbocycles. The summed E-state index contributed by atoms with van der Waals surface area (Å²) in [5.74, 6) is 0.378. The number of carbonyl (C=O) groups excluding carboxylic acids is 1. The van der Waals surface area contributed by atoms with E-state index in [1.165, 1.54) is 4.57 Å². The van der Waals surface area contributed by atoms with Crippen LogP contribution in [0.15, 0.2) is 57.7 Å². The molecule has 0 saturated heterocycles. The molecule has 3 aromatic rings. The highest BCUT2D eigenvalue weighted by molar-refractivity contribution is 5.77. The van der Waals surface area contributed by atoms with E-state index in [1.807, 2.05) is 36.4 Å². The summed E-state index contributed by atoms with van der Waals surface area (Å²) in [5.41, 5.74) is 2.33. The summed E-state index contributed by atoms with van der Waals surface area (Å²) in [5, 5.41) is 0. The van der Waals surface area contributed by atoms with E-state index >= 15 is 0 Å². The molecule has 1 aliphatic rings. The van der Waals surface area contributed by atoms with Gasteiger partial charge >= 0.3 is 5.76 Å². The number of aromatic nitrogens is 1. The van der Waals surface area contributed by atoms with Gasteiger partial charge in [0, 0.05) is 26.6 Å². The topological polar surface area (TPSA) is 67.9 Å². The monoisotopic (exact) mass is 395 g/mol. The van der Waals surface area contributed by atoms with Gasteiger partial charge in [-0.15, -0.1) is 0 Å². The second-order valence-corrected chi connectivity index (χ2v) is 7.26. The first kappa shape index (κ1) is 19.1. The predicted molar refractivity (Wildman–Crippen MR) is 111 cm³/mol. The summed E-state index contributed by atoms with van der Waals surface area (Å²) in [6, 6.07) is 15.2. The molecule has 7 heteroatoms. The van der Waals surface area contributed by atoms with Gasteiger partial charge in [0.2, 0.25) is 5.91 Å². The van der Waals surface area contributed by atoms with Gasteiger partial charge in [0.1, 0.15) is 11.9 Å². The SMILES string of the molecule is CCN1C[C@H](CN(C)C(=O)CCn2c(=O)oc3ccccc32)Oc2ccccc21. The number of aryl methyl sites for hydroxylation is 1. The van der Waals surface area contributed by atoms with Crippen LogP contribution >= 0.6 is 0 Å². The van der Waals surface area contributed by atoms with Crippen molar-refractivity contribution in [3.8, 4) is 5.75 Å². The number of anilines is 1. The number of hydrogen-bond donors (Lipinski definition) is 0. The summed E-state index contributed by atoms with van der Waals surface area (Å²) in [6.07, 6.45) is 0.122. The number of fused-ring (bicyclic) bond motifs is 2. The highest BCUT2D eigenvalue weighted by Crippen LogP contribution is 2.32. The Morgan fingerprint density at radius 1 is 1.17 bits per heavy atom. The van der Waals surface area contributed by atoms with Crippen LogP contribution in [0, 0.1) is 0 Å². The minimum atomic E-state index is -0.438. The summed E-state index contributed by atoms with van der Waals surface area (Å²) < 4.78 is 12.8. The van der Waals surface area contributed by atoms with Crippen LogP contribution in [0.2, 0.25) is 0 Å². The van der Waals surface area contributed by atoms with Crippen molar-refractivity contribution in [1.29, 1.82) is 0 Å². The molecule has 0 bridgehead atoms. The Labute approximate surface area is 169 Å². The van der Waals surface area contributed by atoms with Crippen molar-refractivity contribution in [3.05, 3.63) is 59.1 Å². The van der Waals surface area contributed by atoms with E-state index in [0.717, 1.165) is 24.5 Å². The minimum absolute atomic E-state index is 0.0345. The molecular weight excluding hydrogens is 370 g/mol. The fraction of sp³-hybridized carbons (Fsp3) is 0.364. The normalized spacial score (nSPS) is 15.8. The smallest absolute Gasteiger partial charge is 0.419 e. The molecule has 0 spiro atoms. The third kappa shape index (κ3) is 3.85. The Hall–Kier alpha value is -3.22. The molecule has 7 nitrogen and oxygen atoms in total. The van der Waals surface area contributed by atoms with E-state index in [-0.39, 0.29) is 25.0 Å². The Kier molecular flexibility index (Phi) is 5.29. The summed E-state index contributed by atoms with van der Waals surface area (Å²) in [7, 11) is 1.78. The summed E-state index contributed by atoms with van der Waals surface area (Å²) >= 11 is 0. The second kappa shape index (κ2) is 8.03. The number of carbonyl (C=O) groups is 1. The van der Waals surface area contributed by atoms with E-state index in [4.69, 9.17) is 9.15 Å². The van der Waals surface area contributed by atoms with Crippen LogP contribution in [-0.4, -0.2) is 48.2 Å². The zero-order valence-corrected chi connectivity index (χ0v) is 16.7. The number of rotatable bonds is 6. The zero-order chi connectivity index (χ0) is 20.4. The van der Waals surface area contributed by atoms with Gasteiger partial charge in [-0.25, -0.2) is 4.79 Å². The summed E-state index contributed by atoms with van der Waals surface area (Å²) in [6.45, 7) is 4.50. The maximum Gasteiger partial charge on any atom is 0.419 e. The molecule has 0 radical (unpaired) electrons. The molecule has 1 aliphatic heterocycles. The van der Waals surface area contributed by atoms with Crippen LogP contribution < -0.4 is 15.4 Å². The number of nitrogens with zero attached hydrogens (tertiary/aromatic N) is 3. The molecule has 1 aromatic heterocycles. The number of oxazole rings is 1. The molecule has 0 unspecified atom stereocenters. The van der Waals surface area contributed by atoms with Crippen LogP contribution in [-0.2, 0) is 11.3 Å². The Morgan fingerprint density at radius 2 is 1.93 bits per heavy atom. The van der Waals surface area contributed by atoms with Crippen LogP contribution in [0.3, 0.4) is 0 Å². The molecule has 152 valence electrons. The third-order valence-electron chi connectivity index (χ3n) is 5.33. The first-order valence-corrected chi connectivity index (χ1v) is 9.89. The van der Waals surface area contributed by atoms with E-state index < -0.39 is 5.76 Å². The zero-order valence-electron chi connectivity index (χ0n) is 16.7. The van der Waals surface area contributed by atoms with Crippen molar-refractivity contribution in [1.82, 2.24) is 9.47 Å². The van der Waals surface area contributed by atoms with Gasteiger partial charge in [-0.1, -0.05) is 24.3 Å². The predicted octanol–water partition coefficient (Wildman–Crippen LogP) is 2.73. The molecule has 1 atom stereocenters. The number of para-hydroxylation sites is 4. The largest absolute Gasteiger partial charge is 0.485 e. The standard InChI is InChI=1S/C22H25N3O4/c1-3-24-15-16(28-19-10-6-4-8-17(19)24)14-23(2)21(26)12-13-25-18-9-5-7-11-20(18)29-22(25)27/h4-11,16H,3,12-15H2,1-2H3/t16-/m0/s1. The maximum atomic E-state index is 12.7. The Bertz CT molecular complexity index is 1070. The van der Waals surface area contributed by atoms with Crippen molar-refractivity contribution < 1.29 is 13.9 Å². The summed E-state index contributed by atoms with van der Waals surface area (Å²) in [4.78, 5) is 28.7. The lowest BCUT2D eigenvalue weighted by atomic mass is 10.1. The molecule has 0 aliphatic carbocycles. The number of likely N-dealkylation sites (N-methyl/N-ethyl adjacent to an activating group) is 2. The second-order valence-electron chi connectivity index (χ2n) is 7.26. The van der Waals surface area contributed by atoms with Gasteiger partial charge in [-0.05, 0) is 31.2 Å². The maximum absolute atomic E-state index is 12.7. The van der Waals surface area contributed by atoms with Crippen molar-refractivity contribution in [2.24, 2.45) is 0 Å². The van der Waals surface area contributed by atoms with Gasteiger partial charge in [-0.2, -0.15) is 0 Å². The van der Waals surface area contributed by atoms with Gasteiger partial charge in [0.15, 0.2) is 5.58 Å². The molecule has 2 aromatic carbocycles. The van der Waals surface area contributed by atoms with E-state index in [2.05, 4.69) is 17.9 Å². The average molecular weight is 395 g/mol. The molecule has 1 amide bonds. The van der Waals surface area contributed by atoms with E-state index in [9.17, 15) is 9.59 Å². The first-order chi connectivity index (χ1) is 14.1. The van der Waals surface area contributed by atoms with Crippen molar-refractivity contribution in [3.63, 3.8) is 0 Å². The Balaban J connectivity index is 1.39. The highest BCUT2D eigenvalue weighted by atomic mass is 16.5. The average Bonchev–Trinajstić information content (AvgIpc) is 3.06. The van der Waals surface area contributed by atoms with Crippen LogP contribution in [0.5, 0.6) is 5.75 Å². The minimum Gasteiger partial charge on any atom is -0.485 e. The number of amides is 1. The third-order valence-corrected chi connectivity index (χ3v) is 5.33. The van der Waals surface area contributed by atoms with Gasteiger partial charge < -0.3 is 19.0 Å². The first-order valence-electron chi connectivity index (χ1n) is 9.89. The van der Waals surface area contributed by atoms with Gasteiger partial charge in [0.05, 0.1) is 24.3 Å². The quantitative estimate of drug-likeness (QED) is 0.642. The molecular formula is C22H25N3O4. The van der Waals surface area contributed by atoms with Crippen LogP contribution in [0.4, 0.5) is 5.69 Å². The van der Waals surface area contributed by atoms with Crippen LogP contribution in [0.1, 0.15) is 13.3 Å². The van der Waals surface area contributed by atoms with Crippen molar-refractivity contribution >= 4 is 22.7 Å². The van der Waals surface area contributed by atoms with E-state index in [0.29, 0.717) is 17.6 Å². The Morgan fingerprint density at radius 3 is 2.76 bits per heavy atom. The number of benzene rings is 2. The van der Waals surface area contributed by atoms with E-state index in [1.54, 1.807) is 18.0 Å². The fourth-order valence-electron chi connectivity index (χ4n) is 3.80. The number of hydrogen-bond acceptors (Lipinski definition) is 5. The lowest BCUT2D eigenvalue weighted by Crippen LogP contribution is -2.47. The van der Waals surface area contributed by atoms with Crippen LogP contribution in [0.25, 0.3) is 11.1 Å². The molecule has 0 fully saturated rings. The van der Waals surface area contributed by atoms with Crippen molar-refractivity contribution in [2.75, 3.05) is 31.6 Å². The number of ether oxygens (including phenoxy) is 1. The molecule has 0 N–H and O–H groups in total. The van der Waals surface area contributed by atoms with Gasteiger partial charge in [0.25, 0.3) is 0 Å². The fourth-order valence-corrected chi connectivity index (χ4v) is 3.80. The molecule has 29 heavy (non-hydrogen) atoms. The lowest BCUT2D eigenvalue weighted by molar-refractivity contribution is -0.131.